The first-order chi connectivity index (χ1) is 7.65. The predicted octanol–water partition coefficient (Wildman–Crippen LogP) is 2.78. The fourth-order valence-corrected chi connectivity index (χ4v) is 1.60. The van der Waals surface area contributed by atoms with Crippen molar-refractivity contribution < 1.29 is 9.59 Å². The summed E-state index contributed by atoms with van der Waals surface area (Å²) in [4.78, 5) is 21.4. The largest absolute Gasteiger partial charge is 0.298 e. The smallest absolute Gasteiger partial charge is 0.186 e. The van der Waals surface area contributed by atoms with Gasteiger partial charge in [0, 0.05) is 18.1 Å². The maximum Gasteiger partial charge on any atom is 0.186 e. The van der Waals surface area contributed by atoms with Gasteiger partial charge in [-0.1, -0.05) is 41.3 Å². The number of carbonyl (C=O) groups excluding carboxylic acids is 2. The Labute approximate surface area is 103 Å². The molecule has 0 atom stereocenters. The van der Waals surface area contributed by atoms with Crippen LogP contribution in [0.15, 0.2) is 18.2 Å². The van der Waals surface area contributed by atoms with Gasteiger partial charge in [-0.2, -0.15) is 0 Å². The van der Waals surface area contributed by atoms with Crippen LogP contribution in [0.3, 0.4) is 0 Å². The number of hydrogen-bond donors (Lipinski definition) is 0. The molecule has 0 radical (unpaired) electrons. The quantitative estimate of drug-likeness (QED) is 0.600. The van der Waals surface area contributed by atoms with Crippen LogP contribution in [0.4, 0.5) is 0 Å². The maximum absolute atomic E-state index is 10.8. The number of carbonyl (C=O) groups is 2. The van der Waals surface area contributed by atoms with Gasteiger partial charge in [0.15, 0.2) is 11.4 Å². The molecule has 0 aromatic heterocycles. The van der Waals surface area contributed by atoms with Gasteiger partial charge < -0.3 is 0 Å². The summed E-state index contributed by atoms with van der Waals surface area (Å²) in [7, 11) is 0. The number of rotatable bonds is 2. The van der Waals surface area contributed by atoms with Crippen LogP contribution >= 0.6 is 23.4 Å². The molecule has 0 bridgehead atoms. The minimum Gasteiger partial charge on any atom is -0.298 e. The van der Waals surface area contributed by atoms with Crippen molar-refractivity contribution in [1.29, 1.82) is 0 Å². The molecule has 0 aliphatic carbocycles. The molecule has 0 saturated heterocycles. The zero-order valence-corrected chi connectivity index (χ0v) is 10.2. The minimum atomic E-state index is 0.0241. The zero-order valence-electron chi connectivity index (χ0n) is 8.62. The highest BCUT2D eigenvalue weighted by Crippen LogP contribution is 2.17. The van der Waals surface area contributed by atoms with Crippen molar-refractivity contribution in [3.8, 4) is 11.8 Å². The number of aldehydes is 1. The van der Waals surface area contributed by atoms with Crippen LogP contribution < -0.4 is 0 Å². The molecule has 0 N–H and O–H groups in total. The molecule has 0 aliphatic rings. The highest BCUT2D eigenvalue weighted by atomic mass is 35.5. The van der Waals surface area contributed by atoms with Gasteiger partial charge in [-0.15, -0.1) is 0 Å². The van der Waals surface area contributed by atoms with E-state index in [2.05, 4.69) is 11.8 Å². The van der Waals surface area contributed by atoms with Gasteiger partial charge in [-0.25, -0.2) is 0 Å². The average molecular weight is 253 g/mol. The van der Waals surface area contributed by atoms with Gasteiger partial charge in [-0.05, 0) is 12.1 Å². The Morgan fingerprint density at radius 1 is 1.56 bits per heavy atom. The molecule has 0 aliphatic heterocycles. The number of halogens is 1. The van der Waals surface area contributed by atoms with E-state index in [0.717, 1.165) is 11.8 Å². The molecular formula is C12H9ClO2S. The first-order valence-corrected chi connectivity index (χ1v) is 5.87. The van der Waals surface area contributed by atoms with Crippen LogP contribution in [-0.2, 0) is 4.79 Å². The SMILES string of the molecule is CC(=O)SCC#Cc1cccc(Cl)c1C=O. The van der Waals surface area contributed by atoms with Crippen LogP contribution in [0.1, 0.15) is 22.8 Å². The number of hydrogen-bond acceptors (Lipinski definition) is 3. The van der Waals surface area contributed by atoms with Gasteiger partial charge in [-0.3, -0.25) is 9.59 Å². The minimum absolute atomic E-state index is 0.0241. The first kappa shape index (κ1) is 12.8. The topological polar surface area (TPSA) is 34.1 Å². The van der Waals surface area contributed by atoms with Crippen molar-refractivity contribution in [1.82, 2.24) is 0 Å². The molecule has 1 aromatic carbocycles. The van der Waals surface area contributed by atoms with E-state index in [1.807, 2.05) is 0 Å². The normalized spacial score (nSPS) is 9.12. The van der Waals surface area contributed by atoms with Crippen molar-refractivity contribution in [2.75, 3.05) is 5.75 Å². The second-order valence-corrected chi connectivity index (χ2v) is 4.46. The van der Waals surface area contributed by atoms with Gasteiger partial charge in [0.25, 0.3) is 0 Å². The fourth-order valence-electron chi connectivity index (χ4n) is 1.03. The van der Waals surface area contributed by atoms with Crippen LogP contribution in [0.5, 0.6) is 0 Å². The summed E-state index contributed by atoms with van der Waals surface area (Å²) in [6.45, 7) is 1.49. The van der Waals surface area contributed by atoms with E-state index < -0.39 is 0 Å². The van der Waals surface area contributed by atoms with Crippen molar-refractivity contribution in [2.24, 2.45) is 0 Å². The van der Waals surface area contributed by atoms with Crippen molar-refractivity contribution in [2.45, 2.75) is 6.92 Å². The lowest BCUT2D eigenvalue weighted by Crippen LogP contribution is -1.89. The molecule has 2 nitrogen and oxygen atoms in total. The summed E-state index contributed by atoms with van der Waals surface area (Å²) in [5.74, 6) is 6.05. The second-order valence-electron chi connectivity index (χ2n) is 2.90. The monoisotopic (exact) mass is 252 g/mol. The Balaban J connectivity index is 2.84. The molecule has 16 heavy (non-hydrogen) atoms. The van der Waals surface area contributed by atoms with Crippen LogP contribution in [0.2, 0.25) is 5.02 Å². The van der Waals surface area contributed by atoms with E-state index in [1.54, 1.807) is 18.2 Å². The lowest BCUT2D eigenvalue weighted by Gasteiger charge is -1.98. The van der Waals surface area contributed by atoms with Gasteiger partial charge in [0.1, 0.15) is 0 Å². The Morgan fingerprint density at radius 3 is 2.94 bits per heavy atom. The summed E-state index contributed by atoms with van der Waals surface area (Å²) in [5.41, 5.74) is 0.983. The summed E-state index contributed by atoms with van der Waals surface area (Å²) in [6.07, 6.45) is 0.685. The predicted molar refractivity (Wildman–Crippen MR) is 66.9 cm³/mol. The van der Waals surface area contributed by atoms with Gasteiger partial charge in [0.05, 0.1) is 10.8 Å². The van der Waals surface area contributed by atoms with Crippen molar-refractivity contribution >= 4 is 34.8 Å². The third kappa shape index (κ3) is 3.73. The summed E-state index contributed by atoms with van der Waals surface area (Å²) in [6, 6.07) is 5.10. The van der Waals surface area contributed by atoms with Crippen LogP contribution in [0.25, 0.3) is 0 Å². The molecule has 0 heterocycles. The molecule has 82 valence electrons. The summed E-state index contributed by atoms with van der Waals surface area (Å²) in [5, 5.41) is 0.414. The molecule has 0 unspecified atom stereocenters. The van der Waals surface area contributed by atoms with Crippen molar-refractivity contribution in [3.05, 3.63) is 34.3 Å². The second kappa shape index (κ2) is 6.37. The Bertz CT molecular complexity index is 472. The molecule has 0 amide bonds. The lowest BCUT2D eigenvalue weighted by molar-refractivity contribution is -0.109. The van der Waals surface area contributed by atoms with E-state index in [1.165, 1.54) is 6.92 Å². The molecule has 0 fully saturated rings. The van der Waals surface area contributed by atoms with E-state index in [0.29, 0.717) is 28.2 Å². The fraction of sp³-hybridized carbons (Fsp3) is 0.167. The summed E-state index contributed by atoms with van der Waals surface area (Å²) < 4.78 is 0. The number of thioether (sulfide) groups is 1. The van der Waals surface area contributed by atoms with Gasteiger partial charge >= 0.3 is 0 Å². The standard InChI is InChI=1S/C12H9ClO2S/c1-9(15)16-7-3-5-10-4-2-6-12(13)11(10)8-14/h2,4,6,8H,7H2,1H3. The third-order valence-electron chi connectivity index (χ3n) is 1.74. The molecule has 1 rings (SSSR count). The third-order valence-corrected chi connectivity index (χ3v) is 2.77. The molecule has 4 heteroatoms. The van der Waals surface area contributed by atoms with E-state index in [-0.39, 0.29) is 5.12 Å². The first-order valence-electron chi connectivity index (χ1n) is 4.51. The van der Waals surface area contributed by atoms with Gasteiger partial charge in [0.2, 0.25) is 0 Å². The van der Waals surface area contributed by atoms with Crippen LogP contribution in [-0.4, -0.2) is 17.2 Å². The molecule has 1 aromatic rings. The molecule has 0 spiro atoms. The number of benzene rings is 1. The van der Waals surface area contributed by atoms with Crippen molar-refractivity contribution in [3.63, 3.8) is 0 Å². The van der Waals surface area contributed by atoms with E-state index in [9.17, 15) is 9.59 Å². The average Bonchev–Trinajstić information content (AvgIpc) is 2.24. The Hall–Kier alpha value is -1.24. The highest BCUT2D eigenvalue weighted by Gasteiger charge is 2.02. The zero-order chi connectivity index (χ0) is 12.0. The van der Waals surface area contributed by atoms with E-state index >= 15 is 0 Å². The van der Waals surface area contributed by atoms with E-state index in [4.69, 9.17) is 11.6 Å². The lowest BCUT2D eigenvalue weighted by atomic mass is 10.1. The molecular weight excluding hydrogens is 244 g/mol. The summed E-state index contributed by atoms with van der Waals surface area (Å²) >= 11 is 6.97. The Kier molecular flexibility index (Phi) is 5.10. The Morgan fingerprint density at radius 2 is 2.31 bits per heavy atom. The maximum atomic E-state index is 10.8. The highest BCUT2D eigenvalue weighted by molar-refractivity contribution is 8.13. The molecule has 0 saturated carbocycles. The van der Waals surface area contributed by atoms with Crippen LogP contribution in [0, 0.1) is 11.8 Å².